The lowest BCUT2D eigenvalue weighted by molar-refractivity contribution is -0.128. The maximum atomic E-state index is 13.0. The summed E-state index contributed by atoms with van der Waals surface area (Å²) in [7, 11) is 0. The molecule has 1 aliphatic rings. The summed E-state index contributed by atoms with van der Waals surface area (Å²) in [4.78, 5) is 35.1. The molecule has 0 aliphatic carbocycles. The highest BCUT2D eigenvalue weighted by Crippen LogP contribution is 2.29. The van der Waals surface area contributed by atoms with Crippen molar-refractivity contribution >= 4 is 46.4 Å². The van der Waals surface area contributed by atoms with Gasteiger partial charge in [-0.1, -0.05) is 17.7 Å². The number of hydrogen-bond donors (Lipinski definition) is 1. The van der Waals surface area contributed by atoms with Crippen LogP contribution in [0.5, 0.6) is 0 Å². The highest BCUT2D eigenvalue weighted by Gasteiger charge is 2.24. The lowest BCUT2D eigenvalue weighted by atomic mass is 10.1. The molecule has 0 atom stereocenters. The first-order chi connectivity index (χ1) is 13.7. The van der Waals surface area contributed by atoms with Gasteiger partial charge >= 0.3 is 6.47 Å². The van der Waals surface area contributed by atoms with Crippen LogP contribution in [0.15, 0.2) is 42.7 Å². The van der Waals surface area contributed by atoms with Crippen LogP contribution < -0.4 is 10.2 Å². The van der Waals surface area contributed by atoms with Crippen molar-refractivity contribution in [1.82, 2.24) is 14.6 Å². The molecule has 1 aromatic carbocycles. The maximum absolute atomic E-state index is 13.0. The van der Waals surface area contributed by atoms with Crippen molar-refractivity contribution in [1.29, 1.82) is 0 Å². The first-order valence-electron chi connectivity index (χ1n) is 8.68. The summed E-state index contributed by atoms with van der Waals surface area (Å²) in [5.74, 6) is 0.327. The molecule has 9 heteroatoms. The van der Waals surface area contributed by atoms with Crippen molar-refractivity contribution in [2.75, 3.05) is 31.6 Å². The fourth-order valence-electron chi connectivity index (χ4n) is 3.16. The predicted octanol–water partition coefficient (Wildman–Crippen LogP) is 2.49. The number of carbonyl (C=O) groups is 2. The molecule has 8 nitrogen and oxygen atoms in total. The Bertz CT molecular complexity index is 1030. The highest BCUT2D eigenvalue weighted by atomic mass is 35.5. The van der Waals surface area contributed by atoms with Gasteiger partial charge in [-0.25, -0.2) is 4.98 Å². The van der Waals surface area contributed by atoms with Crippen LogP contribution in [-0.4, -0.2) is 53.3 Å². The van der Waals surface area contributed by atoms with Gasteiger partial charge in [-0.3, -0.25) is 9.59 Å². The average Bonchev–Trinajstić information content (AvgIpc) is 3.13. The van der Waals surface area contributed by atoms with Crippen LogP contribution in [0, 0.1) is 0 Å². The Kier molecular flexibility index (Phi) is 5.14. The number of aromatic nitrogens is 2. The Hall–Kier alpha value is -3.10. The smallest absolute Gasteiger partial charge is 0.321 e. The fourth-order valence-corrected chi connectivity index (χ4v) is 3.35. The van der Waals surface area contributed by atoms with E-state index in [1.165, 1.54) is 10.9 Å². The van der Waals surface area contributed by atoms with Gasteiger partial charge in [-0.15, -0.1) is 0 Å². The third-order valence-electron chi connectivity index (χ3n) is 4.46. The number of fused-ring (bicyclic) bond motifs is 1. The number of carbonyl (C=O) groups excluding carboxylic acids is 2. The number of nitrogens with one attached hydrogen (secondary N) is 1. The standard InChI is InChI=1S/C19H17ClN4O4/c20-13-2-1-3-14(10-13)22-18-15-4-5-24(28-12-25)17(15)16(11-21-18)19(26)23-6-8-27-9-7-23/h1-5,10-12H,6-9H2,(H,21,22). The van der Waals surface area contributed by atoms with Gasteiger partial charge in [0.2, 0.25) is 0 Å². The van der Waals surface area contributed by atoms with Crippen molar-refractivity contribution in [2.45, 2.75) is 0 Å². The van der Waals surface area contributed by atoms with Crippen LogP contribution in [0.1, 0.15) is 10.4 Å². The molecule has 1 fully saturated rings. The summed E-state index contributed by atoms with van der Waals surface area (Å²) in [5, 5.41) is 4.42. The fraction of sp³-hybridized carbons (Fsp3) is 0.211. The molecule has 144 valence electrons. The Morgan fingerprint density at radius 2 is 2.11 bits per heavy atom. The molecular weight excluding hydrogens is 384 g/mol. The van der Waals surface area contributed by atoms with Crippen LogP contribution in [0.4, 0.5) is 11.5 Å². The van der Waals surface area contributed by atoms with Gasteiger partial charge in [0.15, 0.2) is 0 Å². The van der Waals surface area contributed by atoms with Gasteiger partial charge in [0.1, 0.15) is 11.3 Å². The molecule has 0 radical (unpaired) electrons. The molecule has 0 spiro atoms. The molecular formula is C19H17ClN4O4. The lowest BCUT2D eigenvalue weighted by Crippen LogP contribution is -2.41. The number of pyridine rings is 1. The molecule has 3 aromatic rings. The molecule has 28 heavy (non-hydrogen) atoms. The molecule has 1 saturated heterocycles. The third kappa shape index (κ3) is 3.51. The van der Waals surface area contributed by atoms with E-state index >= 15 is 0 Å². The van der Waals surface area contributed by atoms with E-state index in [-0.39, 0.29) is 5.91 Å². The van der Waals surface area contributed by atoms with Crippen molar-refractivity contribution in [2.24, 2.45) is 0 Å². The van der Waals surface area contributed by atoms with Crippen molar-refractivity contribution in [3.05, 3.63) is 53.3 Å². The third-order valence-corrected chi connectivity index (χ3v) is 4.69. The van der Waals surface area contributed by atoms with E-state index in [0.29, 0.717) is 60.1 Å². The topological polar surface area (TPSA) is 85.7 Å². The highest BCUT2D eigenvalue weighted by molar-refractivity contribution is 6.30. The zero-order valence-corrected chi connectivity index (χ0v) is 15.6. The molecule has 2 aromatic heterocycles. The second kappa shape index (κ2) is 7.87. The van der Waals surface area contributed by atoms with Gasteiger partial charge in [-0.2, -0.15) is 4.73 Å². The summed E-state index contributed by atoms with van der Waals surface area (Å²) in [6.07, 6.45) is 3.05. The van der Waals surface area contributed by atoms with Crippen molar-refractivity contribution in [3.8, 4) is 0 Å². The van der Waals surface area contributed by atoms with Crippen LogP contribution in [0.25, 0.3) is 10.9 Å². The number of halogens is 1. The minimum atomic E-state index is -0.190. The number of nitrogens with zero attached hydrogens (tertiary/aromatic N) is 3. The Morgan fingerprint density at radius 1 is 1.29 bits per heavy atom. The predicted molar refractivity (Wildman–Crippen MR) is 104 cm³/mol. The number of anilines is 2. The summed E-state index contributed by atoms with van der Waals surface area (Å²) >= 11 is 6.04. The van der Waals surface area contributed by atoms with Crippen LogP contribution in [0.2, 0.25) is 5.02 Å². The van der Waals surface area contributed by atoms with Gasteiger partial charge in [0.05, 0.1) is 18.8 Å². The first-order valence-corrected chi connectivity index (χ1v) is 9.05. The first kappa shape index (κ1) is 18.3. The zero-order valence-electron chi connectivity index (χ0n) is 14.8. The summed E-state index contributed by atoms with van der Waals surface area (Å²) in [6, 6.07) is 8.94. The summed E-state index contributed by atoms with van der Waals surface area (Å²) in [5.41, 5.74) is 1.56. The lowest BCUT2D eigenvalue weighted by Gasteiger charge is -2.27. The molecule has 0 saturated carbocycles. The van der Waals surface area contributed by atoms with Gasteiger partial charge in [0.25, 0.3) is 5.91 Å². The van der Waals surface area contributed by atoms with Crippen LogP contribution in [-0.2, 0) is 9.53 Å². The largest absolute Gasteiger partial charge is 0.378 e. The van der Waals surface area contributed by atoms with E-state index in [2.05, 4.69) is 10.3 Å². The second-order valence-corrected chi connectivity index (χ2v) is 6.60. The van der Waals surface area contributed by atoms with E-state index in [1.54, 1.807) is 29.3 Å². The number of amides is 1. The van der Waals surface area contributed by atoms with Crippen molar-refractivity contribution < 1.29 is 19.2 Å². The molecule has 4 rings (SSSR count). The molecule has 3 heterocycles. The van der Waals surface area contributed by atoms with Crippen LogP contribution in [0.3, 0.4) is 0 Å². The Morgan fingerprint density at radius 3 is 2.86 bits per heavy atom. The van der Waals surface area contributed by atoms with E-state index in [4.69, 9.17) is 21.2 Å². The number of ether oxygens (including phenoxy) is 1. The van der Waals surface area contributed by atoms with Gasteiger partial charge < -0.3 is 19.8 Å². The summed E-state index contributed by atoms with van der Waals surface area (Å²) < 4.78 is 6.57. The molecule has 1 amide bonds. The summed E-state index contributed by atoms with van der Waals surface area (Å²) in [6.45, 7) is 2.29. The average molecular weight is 401 g/mol. The molecule has 1 aliphatic heterocycles. The van der Waals surface area contributed by atoms with Crippen LogP contribution >= 0.6 is 11.6 Å². The van der Waals surface area contributed by atoms with E-state index in [9.17, 15) is 9.59 Å². The van der Waals surface area contributed by atoms with E-state index < -0.39 is 0 Å². The number of morpholine rings is 1. The van der Waals surface area contributed by atoms with Gasteiger partial charge in [-0.05, 0) is 24.3 Å². The normalized spacial score (nSPS) is 14.1. The maximum Gasteiger partial charge on any atom is 0.321 e. The number of hydrogen-bond acceptors (Lipinski definition) is 6. The minimum absolute atomic E-state index is 0.190. The van der Waals surface area contributed by atoms with E-state index in [0.717, 1.165) is 5.69 Å². The quantitative estimate of drug-likeness (QED) is 0.662. The molecule has 0 bridgehead atoms. The second-order valence-electron chi connectivity index (χ2n) is 6.17. The number of benzene rings is 1. The Labute approximate surface area is 165 Å². The number of rotatable bonds is 5. The van der Waals surface area contributed by atoms with E-state index in [1.807, 2.05) is 12.1 Å². The molecule has 0 unspecified atom stereocenters. The Balaban J connectivity index is 1.77. The van der Waals surface area contributed by atoms with Gasteiger partial charge in [0, 0.05) is 41.6 Å². The molecule has 1 N–H and O–H groups in total. The van der Waals surface area contributed by atoms with Crippen molar-refractivity contribution in [3.63, 3.8) is 0 Å². The SMILES string of the molecule is O=COn1ccc2c(Nc3cccc(Cl)c3)ncc(C(=O)N3CCOCC3)c21. The minimum Gasteiger partial charge on any atom is -0.378 e. The monoisotopic (exact) mass is 400 g/mol. The zero-order chi connectivity index (χ0) is 19.5.